The van der Waals surface area contributed by atoms with Gasteiger partial charge < -0.3 is 25.4 Å². The van der Waals surface area contributed by atoms with Gasteiger partial charge in [0, 0.05) is 30.7 Å². The lowest BCUT2D eigenvalue weighted by Gasteiger charge is -2.15. The zero-order valence-electron chi connectivity index (χ0n) is 16.9. The van der Waals surface area contributed by atoms with Crippen LogP contribution in [-0.2, 0) is 16.1 Å². The zero-order chi connectivity index (χ0) is 19.8. The Bertz CT molecular complexity index is 682. The highest BCUT2D eigenvalue weighted by atomic mass is 16.5. The van der Waals surface area contributed by atoms with Crippen molar-refractivity contribution in [3.63, 3.8) is 0 Å². The van der Waals surface area contributed by atoms with Gasteiger partial charge in [0.15, 0.2) is 5.96 Å². The van der Waals surface area contributed by atoms with Crippen molar-refractivity contribution in [1.29, 1.82) is 0 Å². The van der Waals surface area contributed by atoms with Gasteiger partial charge in [-0.15, -0.1) is 0 Å². The van der Waals surface area contributed by atoms with Crippen molar-refractivity contribution < 1.29 is 14.3 Å². The molecule has 1 aliphatic heterocycles. The van der Waals surface area contributed by atoms with Crippen molar-refractivity contribution >= 4 is 11.9 Å². The molecule has 3 rings (SSSR count). The number of amides is 1. The zero-order valence-corrected chi connectivity index (χ0v) is 16.9. The minimum absolute atomic E-state index is 0.00578. The van der Waals surface area contributed by atoms with E-state index in [9.17, 15) is 4.79 Å². The minimum atomic E-state index is 0.00578. The second-order valence-electron chi connectivity index (χ2n) is 7.54. The van der Waals surface area contributed by atoms with E-state index in [2.05, 4.69) is 46.1 Å². The lowest BCUT2D eigenvalue weighted by Crippen LogP contribution is -2.43. The van der Waals surface area contributed by atoms with Crippen LogP contribution < -0.4 is 20.7 Å². The fourth-order valence-electron chi connectivity index (χ4n) is 3.03. The first-order valence-corrected chi connectivity index (χ1v) is 10.3. The van der Waals surface area contributed by atoms with Crippen molar-refractivity contribution in [1.82, 2.24) is 16.0 Å². The monoisotopic (exact) mass is 388 g/mol. The fraction of sp³-hybridized carbons (Fsp3) is 0.619. The van der Waals surface area contributed by atoms with Gasteiger partial charge in [-0.3, -0.25) is 4.79 Å². The van der Waals surface area contributed by atoms with Crippen molar-refractivity contribution in [2.24, 2.45) is 10.9 Å². The molecule has 1 saturated heterocycles. The normalized spacial score (nSPS) is 19.4. The highest BCUT2D eigenvalue weighted by molar-refractivity contribution is 5.86. The van der Waals surface area contributed by atoms with Gasteiger partial charge in [0.25, 0.3) is 0 Å². The Morgan fingerprint density at radius 3 is 2.86 bits per heavy atom. The van der Waals surface area contributed by atoms with E-state index in [1.165, 1.54) is 0 Å². The largest absolute Gasteiger partial charge is 0.493 e. The molecule has 1 saturated carbocycles. The smallest absolute Gasteiger partial charge is 0.239 e. The lowest BCUT2D eigenvalue weighted by atomic mass is 10.1. The SMILES string of the molecule is CCNC(=NCc1ccc(C)cc1OCC1CCOC1)NCC(=O)NC1CC1. The molecule has 1 aromatic rings. The third-order valence-electron chi connectivity index (χ3n) is 4.83. The maximum Gasteiger partial charge on any atom is 0.239 e. The molecule has 154 valence electrons. The topological polar surface area (TPSA) is 84.0 Å². The van der Waals surface area contributed by atoms with Crippen molar-refractivity contribution in [3.05, 3.63) is 29.3 Å². The van der Waals surface area contributed by atoms with Crippen LogP contribution in [-0.4, -0.2) is 50.8 Å². The molecule has 7 heteroatoms. The molecule has 2 fully saturated rings. The van der Waals surface area contributed by atoms with Gasteiger partial charge >= 0.3 is 0 Å². The Kier molecular flexibility index (Phi) is 7.54. The summed E-state index contributed by atoms with van der Waals surface area (Å²) in [6, 6.07) is 6.55. The van der Waals surface area contributed by atoms with Gasteiger partial charge in [0.1, 0.15) is 5.75 Å². The molecule has 1 amide bonds. The number of rotatable bonds is 9. The summed E-state index contributed by atoms with van der Waals surface area (Å²) in [5.74, 6) is 1.97. The van der Waals surface area contributed by atoms with E-state index in [1.807, 2.05) is 6.92 Å². The van der Waals surface area contributed by atoms with Gasteiger partial charge in [0.05, 0.1) is 26.3 Å². The molecule has 0 bridgehead atoms. The first-order chi connectivity index (χ1) is 13.6. The molecule has 2 aliphatic rings. The van der Waals surface area contributed by atoms with Gasteiger partial charge in [-0.25, -0.2) is 4.99 Å². The molecule has 1 atom stereocenters. The number of carbonyl (C=O) groups excluding carboxylic acids is 1. The van der Waals surface area contributed by atoms with Gasteiger partial charge in [-0.2, -0.15) is 0 Å². The highest BCUT2D eigenvalue weighted by Crippen LogP contribution is 2.23. The van der Waals surface area contributed by atoms with Crippen LogP contribution in [0.1, 0.15) is 37.3 Å². The van der Waals surface area contributed by atoms with E-state index < -0.39 is 0 Å². The molecule has 28 heavy (non-hydrogen) atoms. The van der Waals surface area contributed by atoms with Crippen LogP contribution in [0.25, 0.3) is 0 Å². The molecule has 0 radical (unpaired) electrons. The van der Waals surface area contributed by atoms with Gasteiger partial charge in [-0.1, -0.05) is 12.1 Å². The van der Waals surface area contributed by atoms with Crippen molar-refractivity contribution in [3.8, 4) is 5.75 Å². The number of benzene rings is 1. The van der Waals surface area contributed by atoms with Gasteiger partial charge in [0.2, 0.25) is 5.91 Å². The lowest BCUT2D eigenvalue weighted by molar-refractivity contribution is -0.120. The number of ether oxygens (including phenoxy) is 2. The quantitative estimate of drug-likeness (QED) is 0.443. The maximum atomic E-state index is 11.9. The molecular weight excluding hydrogens is 356 g/mol. The number of hydrogen-bond acceptors (Lipinski definition) is 4. The van der Waals surface area contributed by atoms with Crippen LogP contribution in [0.4, 0.5) is 0 Å². The second-order valence-corrected chi connectivity index (χ2v) is 7.54. The Hall–Kier alpha value is -2.28. The summed E-state index contributed by atoms with van der Waals surface area (Å²) in [5, 5.41) is 9.26. The maximum absolute atomic E-state index is 11.9. The molecule has 1 heterocycles. The predicted molar refractivity (Wildman–Crippen MR) is 110 cm³/mol. The molecule has 0 spiro atoms. The second kappa shape index (κ2) is 10.3. The Morgan fingerprint density at radius 2 is 2.14 bits per heavy atom. The molecular formula is C21H32N4O3. The third-order valence-corrected chi connectivity index (χ3v) is 4.83. The number of aryl methyl sites for hydroxylation is 1. The number of nitrogens with one attached hydrogen (secondary N) is 3. The van der Waals surface area contributed by atoms with Crippen molar-refractivity contribution in [2.75, 3.05) is 32.9 Å². The number of carbonyl (C=O) groups is 1. The van der Waals surface area contributed by atoms with E-state index in [1.54, 1.807) is 0 Å². The van der Waals surface area contributed by atoms with E-state index >= 15 is 0 Å². The summed E-state index contributed by atoms with van der Waals surface area (Å²) in [6.45, 7) is 7.77. The number of nitrogens with zero attached hydrogens (tertiary/aromatic N) is 1. The van der Waals surface area contributed by atoms with Crippen LogP contribution in [0.3, 0.4) is 0 Å². The van der Waals surface area contributed by atoms with Crippen LogP contribution in [0.15, 0.2) is 23.2 Å². The third kappa shape index (κ3) is 6.71. The molecule has 7 nitrogen and oxygen atoms in total. The first-order valence-electron chi connectivity index (χ1n) is 10.3. The molecule has 1 aliphatic carbocycles. The standard InChI is InChI=1S/C21H32N4O3/c1-3-22-21(24-12-20(26)25-18-6-7-18)23-11-17-5-4-15(2)10-19(17)28-14-16-8-9-27-13-16/h4-5,10,16,18H,3,6-9,11-14H2,1-2H3,(H,25,26)(H2,22,23,24). The summed E-state index contributed by atoms with van der Waals surface area (Å²) in [7, 11) is 0. The molecule has 3 N–H and O–H groups in total. The number of aliphatic imine (C=N–C) groups is 1. The fourth-order valence-corrected chi connectivity index (χ4v) is 3.03. The molecule has 1 unspecified atom stereocenters. The average molecular weight is 389 g/mol. The summed E-state index contributed by atoms with van der Waals surface area (Å²) in [4.78, 5) is 16.5. The Labute approximate surface area is 167 Å². The van der Waals surface area contributed by atoms with E-state index in [4.69, 9.17) is 9.47 Å². The minimum Gasteiger partial charge on any atom is -0.493 e. The van der Waals surface area contributed by atoms with Gasteiger partial charge in [-0.05, 0) is 44.7 Å². The summed E-state index contributed by atoms with van der Waals surface area (Å²) >= 11 is 0. The first kappa shape index (κ1) is 20.5. The molecule has 1 aromatic carbocycles. The van der Waals surface area contributed by atoms with E-state index in [0.29, 0.717) is 31.1 Å². The Morgan fingerprint density at radius 1 is 1.29 bits per heavy atom. The number of guanidine groups is 1. The number of hydrogen-bond donors (Lipinski definition) is 3. The summed E-state index contributed by atoms with van der Waals surface area (Å²) in [6.07, 6.45) is 3.23. The average Bonchev–Trinajstić information content (AvgIpc) is 3.33. The summed E-state index contributed by atoms with van der Waals surface area (Å²) < 4.78 is 11.5. The van der Waals surface area contributed by atoms with E-state index in [0.717, 1.165) is 55.9 Å². The summed E-state index contributed by atoms with van der Waals surface area (Å²) in [5.41, 5.74) is 2.19. The van der Waals surface area contributed by atoms with E-state index in [-0.39, 0.29) is 12.5 Å². The Balaban J connectivity index is 1.57. The van der Waals surface area contributed by atoms with Crippen LogP contribution in [0.2, 0.25) is 0 Å². The molecule has 0 aromatic heterocycles. The predicted octanol–water partition coefficient (Wildman–Crippen LogP) is 1.74. The van der Waals surface area contributed by atoms with Crippen LogP contribution in [0.5, 0.6) is 5.75 Å². The highest BCUT2D eigenvalue weighted by Gasteiger charge is 2.23. The van der Waals surface area contributed by atoms with Crippen molar-refractivity contribution in [2.45, 2.75) is 45.7 Å². The van der Waals surface area contributed by atoms with Crippen LogP contribution >= 0.6 is 0 Å². The van der Waals surface area contributed by atoms with Crippen LogP contribution in [0, 0.1) is 12.8 Å².